The van der Waals surface area contributed by atoms with Crippen molar-refractivity contribution in [1.82, 2.24) is 5.32 Å². The fraction of sp³-hybridized carbons (Fsp3) is 0.462. The summed E-state index contributed by atoms with van der Waals surface area (Å²) in [5.41, 5.74) is -0.127. The first-order valence-corrected chi connectivity index (χ1v) is 7.05. The van der Waals surface area contributed by atoms with Crippen LogP contribution in [0.1, 0.15) is 30.6 Å². The van der Waals surface area contributed by atoms with Crippen molar-refractivity contribution in [3.8, 4) is 5.75 Å². The summed E-state index contributed by atoms with van der Waals surface area (Å²) in [5, 5.41) is 3.41. The van der Waals surface area contributed by atoms with E-state index in [4.69, 9.17) is 0 Å². The third kappa shape index (κ3) is 5.03. The predicted molar refractivity (Wildman–Crippen MR) is 73.1 cm³/mol. The van der Waals surface area contributed by atoms with Crippen LogP contribution in [0.2, 0.25) is 0 Å². The molecule has 1 amide bonds. The van der Waals surface area contributed by atoms with Crippen LogP contribution < -0.4 is 10.1 Å². The van der Waals surface area contributed by atoms with E-state index in [1.54, 1.807) is 0 Å². The topological polar surface area (TPSA) is 38.3 Å². The largest absolute Gasteiger partial charge is 0.573 e. The molecule has 0 aliphatic carbocycles. The van der Waals surface area contributed by atoms with Gasteiger partial charge in [-0.15, -0.1) is 13.2 Å². The van der Waals surface area contributed by atoms with Gasteiger partial charge in [0.05, 0.1) is 0 Å². The molecule has 1 rings (SSSR count). The minimum absolute atomic E-state index is 0.278. The summed E-state index contributed by atoms with van der Waals surface area (Å²) in [7, 11) is 0. The van der Waals surface area contributed by atoms with Crippen LogP contribution in [0.3, 0.4) is 0 Å². The van der Waals surface area contributed by atoms with E-state index in [1.807, 2.05) is 13.8 Å². The maximum atomic E-state index is 12.0. The van der Waals surface area contributed by atoms with E-state index in [9.17, 15) is 18.0 Å². The molecular weight excluding hydrogens is 339 g/mol. The van der Waals surface area contributed by atoms with E-state index in [1.165, 1.54) is 12.1 Å². The SMILES string of the molecule is CCC(C)(CBr)NC(=O)c1ccc(OC(F)(F)F)cc1. The number of hydrogen-bond donors (Lipinski definition) is 1. The molecule has 1 unspecified atom stereocenters. The van der Waals surface area contributed by atoms with Crippen molar-refractivity contribution in [3.63, 3.8) is 0 Å². The number of ether oxygens (including phenoxy) is 1. The second kappa shape index (κ2) is 6.47. The van der Waals surface area contributed by atoms with Crippen LogP contribution >= 0.6 is 15.9 Å². The van der Waals surface area contributed by atoms with Crippen LogP contribution in [0.25, 0.3) is 0 Å². The standard InChI is InChI=1S/C13H15BrF3NO2/c1-3-12(2,8-14)18-11(19)9-4-6-10(7-5-9)20-13(15,16)17/h4-7H,3,8H2,1-2H3,(H,18,19). The quantitative estimate of drug-likeness (QED) is 0.815. The molecule has 0 radical (unpaired) electrons. The molecule has 1 aromatic rings. The molecular formula is C13H15BrF3NO2. The Morgan fingerprint density at radius 2 is 1.85 bits per heavy atom. The summed E-state index contributed by atoms with van der Waals surface area (Å²) >= 11 is 3.32. The summed E-state index contributed by atoms with van der Waals surface area (Å²) < 4.78 is 39.8. The highest BCUT2D eigenvalue weighted by Crippen LogP contribution is 2.23. The molecule has 0 heterocycles. The second-order valence-corrected chi connectivity index (χ2v) is 5.13. The van der Waals surface area contributed by atoms with Gasteiger partial charge in [-0.1, -0.05) is 22.9 Å². The Balaban J connectivity index is 2.76. The number of nitrogens with one attached hydrogen (secondary N) is 1. The number of carbonyl (C=O) groups excluding carboxylic acids is 1. The second-order valence-electron chi connectivity index (χ2n) is 4.57. The number of hydrogen-bond acceptors (Lipinski definition) is 2. The first-order valence-electron chi connectivity index (χ1n) is 5.93. The normalized spacial score (nSPS) is 14.5. The van der Waals surface area contributed by atoms with Crippen LogP contribution in [0.4, 0.5) is 13.2 Å². The minimum Gasteiger partial charge on any atom is -0.406 e. The molecule has 7 heteroatoms. The van der Waals surface area contributed by atoms with E-state index in [0.717, 1.165) is 18.6 Å². The van der Waals surface area contributed by atoms with Gasteiger partial charge < -0.3 is 10.1 Å². The zero-order valence-corrected chi connectivity index (χ0v) is 12.6. The smallest absolute Gasteiger partial charge is 0.406 e. The molecule has 0 aliphatic heterocycles. The summed E-state index contributed by atoms with van der Waals surface area (Å²) in [5.74, 6) is -0.694. The number of alkyl halides is 4. The van der Waals surface area contributed by atoms with Crippen molar-refractivity contribution < 1.29 is 22.7 Å². The number of rotatable bonds is 5. The van der Waals surface area contributed by atoms with E-state index >= 15 is 0 Å². The van der Waals surface area contributed by atoms with Gasteiger partial charge in [0.15, 0.2) is 0 Å². The van der Waals surface area contributed by atoms with Crippen LogP contribution in [-0.2, 0) is 0 Å². The lowest BCUT2D eigenvalue weighted by molar-refractivity contribution is -0.274. The van der Waals surface area contributed by atoms with E-state index in [2.05, 4.69) is 26.0 Å². The van der Waals surface area contributed by atoms with Gasteiger partial charge in [-0.2, -0.15) is 0 Å². The Kier molecular flexibility index (Phi) is 5.44. The van der Waals surface area contributed by atoms with E-state index < -0.39 is 11.9 Å². The highest BCUT2D eigenvalue weighted by molar-refractivity contribution is 9.09. The molecule has 1 N–H and O–H groups in total. The maximum absolute atomic E-state index is 12.0. The minimum atomic E-state index is -4.74. The predicted octanol–water partition coefficient (Wildman–Crippen LogP) is 3.88. The Bertz CT molecular complexity index is 456. The van der Waals surface area contributed by atoms with Gasteiger partial charge >= 0.3 is 6.36 Å². The summed E-state index contributed by atoms with van der Waals surface area (Å²) in [6.07, 6.45) is -4.01. The molecule has 0 saturated carbocycles. The van der Waals surface area contributed by atoms with Crippen LogP contribution in [0, 0.1) is 0 Å². The molecule has 0 bridgehead atoms. The highest BCUT2D eigenvalue weighted by Gasteiger charge is 2.31. The summed E-state index contributed by atoms with van der Waals surface area (Å²) in [6.45, 7) is 3.81. The Labute approximate surface area is 123 Å². The van der Waals surface area contributed by atoms with Crippen molar-refractivity contribution in [1.29, 1.82) is 0 Å². The maximum Gasteiger partial charge on any atom is 0.573 e. The number of benzene rings is 1. The van der Waals surface area contributed by atoms with Crippen LogP contribution in [0.15, 0.2) is 24.3 Å². The lowest BCUT2D eigenvalue weighted by Crippen LogP contribution is -2.46. The van der Waals surface area contributed by atoms with Crippen molar-refractivity contribution in [3.05, 3.63) is 29.8 Å². The van der Waals surface area contributed by atoms with Crippen molar-refractivity contribution in [2.45, 2.75) is 32.2 Å². The molecule has 0 saturated heterocycles. The molecule has 0 aliphatic rings. The lowest BCUT2D eigenvalue weighted by atomic mass is 10.0. The van der Waals surface area contributed by atoms with Gasteiger partial charge in [0.1, 0.15) is 5.75 Å². The monoisotopic (exact) mass is 353 g/mol. The highest BCUT2D eigenvalue weighted by atomic mass is 79.9. The molecule has 1 aromatic carbocycles. The Morgan fingerprint density at radius 3 is 2.25 bits per heavy atom. The van der Waals surface area contributed by atoms with Crippen molar-refractivity contribution >= 4 is 21.8 Å². The average molecular weight is 354 g/mol. The Morgan fingerprint density at radius 1 is 1.30 bits per heavy atom. The zero-order valence-electron chi connectivity index (χ0n) is 11.1. The zero-order chi connectivity index (χ0) is 15.4. The van der Waals surface area contributed by atoms with Gasteiger partial charge in [0.25, 0.3) is 5.91 Å². The molecule has 0 fully saturated rings. The van der Waals surface area contributed by atoms with Gasteiger partial charge in [0, 0.05) is 16.4 Å². The van der Waals surface area contributed by atoms with Crippen molar-refractivity contribution in [2.75, 3.05) is 5.33 Å². The molecule has 3 nitrogen and oxygen atoms in total. The Hall–Kier alpha value is -1.24. The molecule has 20 heavy (non-hydrogen) atoms. The number of carbonyl (C=O) groups is 1. The average Bonchev–Trinajstić information content (AvgIpc) is 2.37. The molecule has 0 spiro atoms. The first kappa shape index (κ1) is 16.8. The molecule has 0 aromatic heterocycles. The fourth-order valence-corrected chi connectivity index (χ4v) is 1.91. The van der Waals surface area contributed by atoms with Crippen LogP contribution in [0.5, 0.6) is 5.75 Å². The van der Waals surface area contributed by atoms with Gasteiger partial charge in [-0.3, -0.25) is 4.79 Å². The van der Waals surface area contributed by atoms with Crippen molar-refractivity contribution in [2.24, 2.45) is 0 Å². The number of halogens is 4. The third-order valence-corrected chi connectivity index (χ3v) is 4.08. The van der Waals surface area contributed by atoms with Gasteiger partial charge in [-0.05, 0) is 37.6 Å². The third-order valence-electron chi connectivity index (χ3n) is 2.84. The van der Waals surface area contributed by atoms with Crippen LogP contribution in [-0.4, -0.2) is 23.1 Å². The lowest BCUT2D eigenvalue weighted by Gasteiger charge is -2.27. The first-order chi connectivity index (χ1) is 9.19. The van der Waals surface area contributed by atoms with E-state index in [-0.39, 0.29) is 17.2 Å². The van der Waals surface area contributed by atoms with Gasteiger partial charge in [-0.25, -0.2) is 0 Å². The summed E-state index contributed by atoms with van der Waals surface area (Å²) in [4.78, 5) is 12.0. The number of amides is 1. The molecule has 112 valence electrons. The van der Waals surface area contributed by atoms with E-state index in [0.29, 0.717) is 5.33 Å². The fourth-order valence-electron chi connectivity index (χ4n) is 1.37. The van der Waals surface area contributed by atoms with Gasteiger partial charge in [0.2, 0.25) is 0 Å². The molecule has 1 atom stereocenters. The summed E-state index contributed by atoms with van der Waals surface area (Å²) in [6, 6.07) is 4.81.